The van der Waals surface area contributed by atoms with Crippen LogP contribution in [0.1, 0.15) is 0 Å². The van der Waals surface area contributed by atoms with Crippen molar-refractivity contribution in [1.82, 2.24) is 15.0 Å². The molecule has 0 N–H and O–H groups in total. The summed E-state index contributed by atoms with van der Waals surface area (Å²) in [7, 11) is -11.5. The maximum Gasteiger partial charge on any atom is 0.173 e. The van der Waals surface area contributed by atoms with Gasteiger partial charge in [0.15, 0.2) is 9.84 Å². The van der Waals surface area contributed by atoms with Crippen LogP contribution in [0.2, 0.25) is 72.0 Å². The summed E-state index contributed by atoms with van der Waals surface area (Å²) in [5.41, 5.74) is 12.8. The van der Waals surface area contributed by atoms with Crippen LogP contribution in [0.25, 0.3) is 67.2 Å². The molecule has 0 saturated heterocycles. The van der Waals surface area contributed by atoms with Crippen molar-refractivity contribution in [2.45, 2.75) is 81.8 Å². The molecule has 88 heavy (non-hydrogen) atoms. The van der Waals surface area contributed by atoms with Gasteiger partial charge in [0.05, 0.1) is 37.2 Å². The Kier molecular flexibility index (Phi) is 19.5. The van der Waals surface area contributed by atoms with E-state index >= 15 is 0 Å². The molecule has 3 aliphatic heterocycles. The van der Waals surface area contributed by atoms with Crippen LogP contribution >= 0.6 is 0 Å². The molecule has 11 aromatic rings. The van der Waals surface area contributed by atoms with Crippen LogP contribution in [-0.2, 0) is 70.2 Å². The number of pyridine rings is 3. The number of nitrogens with zero attached hydrogens (tertiary/aromatic N) is 3. The number of aromatic nitrogens is 3. The van der Waals surface area contributed by atoms with E-state index < -0.39 is 50.2 Å². The van der Waals surface area contributed by atoms with Gasteiger partial charge >= 0.3 is 0 Å². The van der Waals surface area contributed by atoms with E-state index in [2.05, 4.69) is 271 Å². The first-order chi connectivity index (χ1) is 40.6. The van der Waals surface area contributed by atoms with Gasteiger partial charge in [0.1, 0.15) is 8.07 Å². The van der Waals surface area contributed by atoms with Gasteiger partial charge in [-0.1, -0.05) is 268 Å². The molecule has 0 amide bonds. The minimum absolute atomic E-state index is 0. The van der Waals surface area contributed by atoms with Crippen LogP contribution in [0.15, 0.2) is 235 Å². The van der Waals surface area contributed by atoms with E-state index in [4.69, 9.17) is 9.97 Å². The minimum atomic E-state index is -3.44. The number of hydrogen-bond acceptors (Lipinski definition) is 5. The second-order valence-electron chi connectivity index (χ2n) is 26.2. The summed E-state index contributed by atoms with van der Waals surface area (Å²) in [5.74, 6) is 0. The zero-order valence-corrected chi connectivity index (χ0v) is 64.4. The number of sulfone groups is 1. The molecule has 3 radical (unpaired) electrons. The van der Waals surface area contributed by atoms with Gasteiger partial charge in [-0.3, -0.25) is 0 Å². The Labute approximate surface area is 567 Å². The molecule has 0 atom stereocenters. The van der Waals surface area contributed by atoms with Gasteiger partial charge in [-0.05, 0) is 65.5 Å². The van der Waals surface area contributed by atoms with Crippen LogP contribution in [0.4, 0.5) is 0 Å². The molecular weight excluding hydrogens is 1710 g/mol. The summed E-state index contributed by atoms with van der Waals surface area (Å²) in [6.07, 6.45) is 6.08. The van der Waals surface area contributed by atoms with Gasteiger partial charge in [-0.2, -0.15) is 0 Å². The molecule has 5 nitrogen and oxygen atoms in total. The summed E-state index contributed by atoms with van der Waals surface area (Å²) in [4.78, 5) is 14.9. The molecule has 0 saturated carbocycles. The van der Waals surface area contributed by atoms with E-state index in [1.54, 1.807) is 18.2 Å². The third-order valence-corrected chi connectivity index (χ3v) is 33.6. The first-order valence-electron chi connectivity index (χ1n) is 29.3. The second kappa shape index (κ2) is 25.8. The summed E-state index contributed by atoms with van der Waals surface area (Å²) < 4.78 is 25.3. The van der Waals surface area contributed by atoms with Crippen LogP contribution in [0, 0.1) is 18.2 Å². The van der Waals surface area contributed by atoms with E-state index in [9.17, 15) is 8.42 Å². The fourth-order valence-electron chi connectivity index (χ4n) is 12.4. The molecule has 449 valence electrons. The standard InChI is InChI=1S/C32H28NSi2.C22H24NSi2.C20H18NO2SSi.3Ir/c1-34(2,3)27-19-20-30(33-23-27)24-18-21-32-29(22-24)28-16-10-11-17-31(28)35(32,25-12-6-4-7-13-25)26-14-8-5-9-15-26;1-24(2,3)17-11-12-20(23-15-17)16-10-13-22-19(14-16)18-8-6-7-9-21(18)25(22,4)5;1-25(2,3)15-9-10-18(21-13-15)14-8-11-20-17(12-14)16-6-4-5-7-19(16)24(20,22)23;;;/h4-17,19-23H,1-3H3;6-9,11-15H,1-5H3;4-7,9-13H,1-3H3;;;/q3*-1;;;. The molecule has 0 spiro atoms. The molecule has 8 aromatic carbocycles. The van der Waals surface area contributed by atoms with Gasteiger partial charge in [0.2, 0.25) is 0 Å². The Balaban J connectivity index is 0.000000158. The van der Waals surface area contributed by atoms with E-state index in [-0.39, 0.29) is 60.3 Å². The van der Waals surface area contributed by atoms with Crippen molar-refractivity contribution in [3.63, 3.8) is 0 Å². The Morgan fingerprint density at radius 1 is 0.352 bits per heavy atom. The third-order valence-electron chi connectivity index (χ3n) is 17.3. The van der Waals surface area contributed by atoms with Crippen molar-refractivity contribution in [1.29, 1.82) is 0 Å². The maximum absolute atomic E-state index is 12.6. The first kappa shape index (κ1) is 66.6. The Morgan fingerprint density at radius 2 is 0.716 bits per heavy atom. The average molecular weight is 1780 g/mol. The number of hydrogen-bond donors (Lipinski definition) is 0. The molecule has 14 rings (SSSR count). The zero-order valence-electron chi connectivity index (χ0n) is 51.4. The predicted octanol–water partition coefficient (Wildman–Crippen LogP) is 12.2. The van der Waals surface area contributed by atoms with Gasteiger partial charge < -0.3 is 15.0 Å². The van der Waals surface area contributed by atoms with Gasteiger partial charge in [-0.15, -0.1) is 81.7 Å². The maximum atomic E-state index is 12.6. The van der Waals surface area contributed by atoms with Crippen LogP contribution in [0.3, 0.4) is 0 Å². The van der Waals surface area contributed by atoms with Gasteiger partial charge in [0.25, 0.3) is 0 Å². The Bertz CT molecular complexity index is 4420. The molecule has 6 heterocycles. The average Bonchev–Trinajstić information content (AvgIpc) is 1.57. The van der Waals surface area contributed by atoms with E-state index in [0.29, 0.717) is 9.79 Å². The quantitative estimate of drug-likeness (QED) is 0.112. The summed E-state index contributed by atoms with van der Waals surface area (Å²) >= 11 is 0. The molecular formula is C74H70Ir3N3O2SSi5-3. The number of benzene rings is 8. The predicted molar refractivity (Wildman–Crippen MR) is 370 cm³/mol. The molecule has 14 heteroatoms. The normalized spacial score (nSPS) is 13.9. The Morgan fingerprint density at radius 3 is 1.16 bits per heavy atom. The SMILES string of the molecule is C[Si](C)(C)c1ccc(-c2[c-]cc3c(c2)-c2ccccc2S3(=O)=O)nc1.C[Si](C)(C)c1ccc(-c2[c-]cc3c(c2)-c2ccccc2[Si]3(C)C)nc1.C[Si](C)(C)c1ccc(-c2[c-]cc3c(c2)-c2ccccc2[Si]3(c2ccccc2)c2ccccc2)nc1.[Ir].[Ir].[Ir]. The molecule has 0 unspecified atom stereocenters. The topological polar surface area (TPSA) is 72.8 Å². The second-order valence-corrected chi connectivity index (χ2v) is 51.4. The monoisotopic (exact) mass is 1780 g/mol. The van der Waals surface area contributed by atoms with Crippen molar-refractivity contribution < 1.29 is 68.7 Å². The van der Waals surface area contributed by atoms with E-state index in [1.807, 2.05) is 30.5 Å². The summed E-state index contributed by atoms with van der Waals surface area (Å²) in [6, 6.07) is 83.0. The minimum Gasteiger partial charge on any atom is -0.305 e. The van der Waals surface area contributed by atoms with Crippen molar-refractivity contribution in [2.75, 3.05) is 0 Å². The fraction of sp³-hybridized carbons (Fsp3) is 0.149. The largest absolute Gasteiger partial charge is 0.305 e. The van der Waals surface area contributed by atoms with E-state index in [0.717, 1.165) is 44.9 Å². The van der Waals surface area contributed by atoms with Crippen molar-refractivity contribution in [2.24, 2.45) is 0 Å². The molecule has 0 fully saturated rings. The Hall–Kier alpha value is -5.81. The van der Waals surface area contributed by atoms with Gasteiger partial charge in [0, 0.05) is 78.9 Å². The molecule has 0 aliphatic carbocycles. The molecule has 3 aromatic heterocycles. The van der Waals surface area contributed by atoms with E-state index in [1.165, 1.54) is 68.9 Å². The zero-order chi connectivity index (χ0) is 59.7. The summed E-state index contributed by atoms with van der Waals surface area (Å²) in [6.45, 7) is 25.9. The molecule has 0 bridgehead atoms. The van der Waals surface area contributed by atoms with Crippen LogP contribution in [0.5, 0.6) is 0 Å². The number of fused-ring (bicyclic) bond motifs is 9. The van der Waals surface area contributed by atoms with Gasteiger partial charge in [-0.25, -0.2) is 8.42 Å². The molecule has 3 aliphatic rings. The smallest absolute Gasteiger partial charge is 0.173 e. The van der Waals surface area contributed by atoms with Crippen molar-refractivity contribution in [3.05, 3.63) is 243 Å². The third kappa shape index (κ3) is 12.3. The first-order valence-corrected chi connectivity index (χ1v) is 46.3. The van der Waals surface area contributed by atoms with Crippen molar-refractivity contribution >= 4 is 96.9 Å². The van der Waals surface area contributed by atoms with Crippen LogP contribution < -0.4 is 46.7 Å². The van der Waals surface area contributed by atoms with Crippen molar-refractivity contribution in [3.8, 4) is 67.2 Å². The fourth-order valence-corrected chi connectivity index (χ4v) is 25.3. The summed E-state index contributed by atoms with van der Waals surface area (Å²) in [5, 5.41) is 12.8. The van der Waals surface area contributed by atoms with Crippen LogP contribution in [-0.4, -0.2) is 63.7 Å². The number of rotatable bonds is 8.